The van der Waals surface area contributed by atoms with Crippen molar-refractivity contribution in [1.29, 1.82) is 0 Å². The third-order valence-corrected chi connectivity index (χ3v) is 3.43. The summed E-state index contributed by atoms with van der Waals surface area (Å²) in [5, 5.41) is 18.4. The molecular formula is C13H13N5O4. The van der Waals surface area contributed by atoms with E-state index < -0.39 is 10.8 Å². The zero-order valence-electron chi connectivity index (χ0n) is 11.6. The molecule has 0 unspecified atom stereocenters. The second-order valence-corrected chi connectivity index (χ2v) is 4.76. The number of nitro groups is 1. The fourth-order valence-electron chi connectivity index (χ4n) is 2.30. The van der Waals surface area contributed by atoms with Crippen LogP contribution in [-0.2, 0) is 0 Å². The Bertz CT molecular complexity index is 679. The van der Waals surface area contributed by atoms with Crippen molar-refractivity contribution in [3.05, 3.63) is 46.3 Å². The van der Waals surface area contributed by atoms with Gasteiger partial charge in [0.2, 0.25) is 0 Å². The van der Waals surface area contributed by atoms with Gasteiger partial charge in [0, 0.05) is 32.4 Å². The van der Waals surface area contributed by atoms with Crippen molar-refractivity contribution < 1.29 is 14.1 Å². The van der Waals surface area contributed by atoms with Crippen LogP contribution in [0.2, 0.25) is 0 Å². The van der Waals surface area contributed by atoms with Crippen molar-refractivity contribution in [3.8, 4) is 0 Å². The van der Waals surface area contributed by atoms with Crippen molar-refractivity contribution in [1.82, 2.24) is 15.1 Å². The van der Waals surface area contributed by atoms with Gasteiger partial charge in [-0.05, 0) is 18.2 Å². The zero-order valence-corrected chi connectivity index (χ0v) is 11.6. The van der Waals surface area contributed by atoms with Crippen molar-refractivity contribution in [2.45, 2.75) is 0 Å². The molecule has 9 nitrogen and oxygen atoms in total. The summed E-state index contributed by atoms with van der Waals surface area (Å²) in [6.45, 7) is 2.22. The summed E-state index contributed by atoms with van der Waals surface area (Å²) in [5.74, 6) is -0.0173. The van der Waals surface area contributed by atoms with E-state index in [1.807, 2.05) is 17.0 Å². The highest BCUT2D eigenvalue weighted by Gasteiger charge is 2.26. The van der Waals surface area contributed by atoms with Crippen LogP contribution in [0, 0.1) is 10.1 Å². The summed E-state index contributed by atoms with van der Waals surface area (Å²) in [5.41, 5.74) is 0. The summed E-state index contributed by atoms with van der Waals surface area (Å²) in [6, 6.07) is 6.18. The monoisotopic (exact) mass is 303 g/mol. The van der Waals surface area contributed by atoms with E-state index in [4.69, 9.17) is 4.42 Å². The highest BCUT2D eigenvalue weighted by molar-refractivity contribution is 5.92. The van der Waals surface area contributed by atoms with Crippen LogP contribution in [-0.4, -0.2) is 52.1 Å². The standard InChI is InChI=1S/C13H13N5O4/c19-13(10-3-4-12(22-10)18(20)21)17-8-6-16(7-9-17)11-2-1-5-14-15-11/h1-5H,6-9H2. The molecule has 3 rings (SSSR count). The maximum absolute atomic E-state index is 12.2. The lowest BCUT2D eigenvalue weighted by atomic mass is 10.3. The van der Waals surface area contributed by atoms with Crippen molar-refractivity contribution >= 4 is 17.6 Å². The molecule has 2 aromatic rings. The Morgan fingerprint density at radius 3 is 2.59 bits per heavy atom. The number of nitrogens with zero attached hydrogens (tertiary/aromatic N) is 5. The Morgan fingerprint density at radius 1 is 1.23 bits per heavy atom. The van der Waals surface area contributed by atoms with Gasteiger partial charge in [0.1, 0.15) is 4.92 Å². The molecule has 1 saturated heterocycles. The van der Waals surface area contributed by atoms with Crippen LogP contribution in [0.15, 0.2) is 34.9 Å². The molecule has 1 aliphatic rings. The van der Waals surface area contributed by atoms with E-state index >= 15 is 0 Å². The molecule has 114 valence electrons. The molecule has 1 fully saturated rings. The lowest BCUT2D eigenvalue weighted by molar-refractivity contribution is -0.402. The maximum atomic E-state index is 12.2. The first kappa shape index (κ1) is 14.0. The minimum Gasteiger partial charge on any atom is -0.395 e. The number of amides is 1. The van der Waals surface area contributed by atoms with E-state index in [0.29, 0.717) is 26.2 Å². The molecule has 0 aromatic carbocycles. The Kier molecular flexibility index (Phi) is 3.69. The molecule has 0 saturated carbocycles. The third-order valence-electron chi connectivity index (χ3n) is 3.43. The van der Waals surface area contributed by atoms with Crippen LogP contribution >= 0.6 is 0 Å². The van der Waals surface area contributed by atoms with Gasteiger partial charge in [-0.3, -0.25) is 14.9 Å². The van der Waals surface area contributed by atoms with Crippen molar-refractivity contribution in [3.63, 3.8) is 0 Å². The first-order valence-electron chi connectivity index (χ1n) is 6.71. The third kappa shape index (κ3) is 2.73. The molecular weight excluding hydrogens is 290 g/mol. The number of rotatable bonds is 3. The molecule has 0 atom stereocenters. The summed E-state index contributed by atoms with van der Waals surface area (Å²) in [4.78, 5) is 25.8. The van der Waals surface area contributed by atoms with E-state index in [-0.39, 0.29) is 11.7 Å². The SMILES string of the molecule is O=C(c1ccc([N+](=O)[O-])o1)N1CCN(c2cccnn2)CC1. The van der Waals surface area contributed by atoms with Crippen molar-refractivity contribution in [2.75, 3.05) is 31.1 Å². The average molecular weight is 303 g/mol. The molecule has 0 radical (unpaired) electrons. The number of carbonyl (C=O) groups is 1. The van der Waals surface area contributed by atoms with Crippen LogP contribution in [0.25, 0.3) is 0 Å². The molecule has 0 aliphatic carbocycles. The van der Waals surface area contributed by atoms with E-state index in [1.54, 1.807) is 11.1 Å². The molecule has 3 heterocycles. The molecule has 2 aromatic heterocycles. The van der Waals surface area contributed by atoms with Crippen LogP contribution in [0.3, 0.4) is 0 Å². The molecule has 1 aliphatic heterocycles. The highest BCUT2D eigenvalue weighted by atomic mass is 16.6. The lowest BCUT2D eigenvalue weighted by Crippen LogP contribution is -2.49. The molecule has 0 bridgehead atoms. The molecule has 1 amide bonds. The number of hydrogen-bond donors (Lipinski definition) is 0. The summed E-state index contributed by atoms with van der Waals surface area (Å²) in [7, 11) is 0. The number of furan rings is 1. The van der Waals surface area contributed by atoms with Gasteiger partial charge in [0.15, 0.2) is 11.6 Å². The zero-order chi connectivity index (χ0) is 15.5. The minimum atomic E-state index is -0.664. The quantitative estimate of drug-likeness (QED) is 0.613. The predicted octanol–water partition coefficient (Wildman–Crippen LogP) is 0.940. The Hall–Kier alpha value is -2.97. The van der Waals surface area contributed by atoms with E-state index in [9.17, 15) is 14.9 Å². The van der Waals surface area contributed by atoms with Crippen molar-refractivity contribution in [2.24, 2.45) is 0 Å². The van der Waals surface area contributed by atoms with Gasteiger partial charge in [-0.1, -0.05) is 0 Å². The van der Waals surface area contributed by atoms with E-state index in [0.717, 1.165) is 5.82 Å². The van der Waals surface area contributed by atoms with E-state index in [2.05, 4.69) is 10.2 Å². The summed E-state index contributed by atoms with van der Waals surface area (Å²) >= 11 is 0. The summed E-state index contributed by atoms with van der Waals surface area (Å²) in [6.07, 6.45) is 1.60. The Morgan fingerprint density at radius 2 is 2.00 bits per heavy atom. The van der Waals surface area contributed by atoms with Crippen LogP contribution in [0.1, 0.15) is 10.6 Å². The fraction of sp³-hybridized carbons (Fsp3) is 0.308. The molecule has 9 heteroatoms. The first-order valence-corrected chi connectivity index (χ1v) is 6.71. The topological polar surface area (TPSA) is 106 Å². The smallest absolute Gasteiger partial charge is 0.395 e. The Labute approximate surface area is 125 Å². The second-order valence-electron chi connectivity index (χ2n) is 4.76. The molecule has 22 heavy (non-hydrogen) atoms. The Balaban J connectivity index is 1.63. The van der Waals surface area contributed by atoms with Gasteiger partial charge in [-0.25, -0.2) is 0 Å². The molecule has 0 spiro atoms. The second kappa shape index (κ2) is 5.80. The number of hydrogen-bond acceptors (Lipinski definition) is 7. The van der Waals surface area contributed by atoms with Gasteiger partial charge in [0.05, 0.1) is 6.07 Å². The first-order chi connectivity index (χ1) is 10.6. The number of carbonyl (C=O) groups excluding carboxylic acids is 1. The fourth-order valence-corrected chi connectivity index (χ4v) is 2.30. The van der Waals surface area contributed by atoms with E-state index in [1.165, 1.54) is 12.1 Å². The van der Waals surface area contributed by atoms with Crippen LogP contribution in [0.5, 0.6) is 0 Å². The average Bonchev–Trinajstić information content (AvgIpc) is 3.05. The number of anilines is 1. The largest absolute Gasteiger partial charge is 0.433 e. The normalized spacial score (nSPS) is 14.9. The van der Waals surface area contributed by atoms with Gasteiger partial charge in [0.25, 0.3) is 5.91 Å². The minimum absolute atomic E-state index is 0.0142. The van der Waals surface area contributed by atoms with Gasteiger partial charge in [-0.15, -0.1) is 5.10 Å². The lowest BCUT2D eigenvalue weighted by Gasteiger charge is -2.34. The highest BCUT2D eigenvalue weighted by Crippen LogP contribution is 2.19. The molecule has 0 N–H and O–H groups in total. The number of aromatic nitrogens is 2. The van der Waals surface area contributed by atoms with Gasteiger partial charge >= 0.3 is 5.88 Å². The van der Waals surface area contributed by atoms with Crippen LogP contribution in [0.4, 0.5) is 11.7 Å². The number of piperazine rings is 1. The van der Waals surface area contributed by atoms with Gasteiger partial charge in [-0.2, -0.15) is 5.10 Å². The van der Waals surface area contributed by atoms with Crippen LogP contribution < -0.4 is 4.90 Å². The maximum Gasteiger partial charge on any atom is 0.433 e. The van der Waals surface area contributed by atoms with Gasteiger partial charge < -0.3 is 14.2 Å². The predicted molar refractivity (Wildman–Crippen MR) is 75.5 cm³/mol. The summed E-state index contributed by atoms with van der Waals surface area (Å²) < 4.78 is 4.95.